The molecule has 1 N–H and O–H groups in total. The van der Waals surface area contributed by atoms with Crippen molar-refractivity contribution in [1.29, 1.82) is 0 Å². The molecule has 0 aliphatic carbocycles. The topological polar surface area (TPSA) is 89.0 Å². The fourth-order valence-corrected chi connectivity index (χ4v) is 5.69. The molecule has 0 aromatic carbocycles. The van der Waals surface area contributed by atoms with E-state index in [0.717, 1.165) is 15.2 Å². The van der Waals surface area contributed by atoms with Gasteiger partial charge in [0.15, 0.2) is 9.84 Å². The number of aromatic nitrogens is 2. The minimum absolute atomic E-state index is 0.0401. The van der Waals surface area contributed by atoms with Crippen LogP contribution in [-0.4, -0.2) is 47.1 Å². The molecular formula is C13H15N3O3S3. The molecule has 0 spiro atoms. The molecule has 3 heterocycles. The third-order valence-electron chi connectivity index (χ3n) is 3.46. The summed E-state index contributed by atoms with van der Waals surface area (Å²) in [4.78, 5) is 21.5. The number of hydrogen-bond acceptors (Lipinski definition) is 7. The standard InChI is InChI=1S/C13H15N3O3S3/c1-8(11(17)16-9-3-5-22(18,19)6-9)21-13-10-2-4-20-12(10)14-7-15-13/h2,4,7-9H,3,5-6H2,1H3,(H,16,17)/t8-,9-/m0/s1. The van der Waals surface area contributed by atoms with E-state index in [1.54, 1.807) is 6.92 Å². The highest BCUT2D eigenvalue weighted by atomic mass is 32.2. The number of sulfone groups is 1. The number of carbonyl (C=O) groups excluding carboxylic acids is 1. The third kappa shape index (κ3) is 3.41. The maximum absolute atomic E-state index is 12.2. The molecule has 2 aromatic rings. The second-order valence-electron chi connectivity index (χ2n) is 5.19. The highest BCUT2D eigenvalue weighted by Gasteiger charge is 2.30. The summed E-state index contributed by atoms with van der Waals surface area (Å²) in [6, 6.07) is 1.67. The van der Waals surface area contributed by atoms with Gasteiger partial charge in [0.2, 0.25) is 5.91 Å². The first kappa shape index (κ1) is 15.7. The van der Waals surface area contributed by atoms with Crippen molar-refractivity contribution in [1.82, 2.24) is 15.3 Å². The van der Waals surface area contributed by atoms with Crippen LogP contribution in [0, 0.1) is 0 Å². The molecule has 118 valence electrons. The molecule has 0 unspecified atom stereocenters. The lowest BCUT2D eigenvalue weighted by molar-refractivity contribution is -0.120. The first-order valence-corrected chi connectivity index (χ1v) is 10.4. The van der Waals surface area contributed by atoms with E-state index < -0.39 is 9.84 Å². The van der Waals surface area contributed by atoms with Crippen LogP contribution in [-0.2, 0) is 14.6 Å². The van der Waals surface area contributed by atoms with Crippen LogP contribution in [0.5, 0.6) is 0 Å². The summed E-state index contributed by atoms with van der Waals surface area (Å²) >= 11 is 2.89. The van der Waals surface area contributed by atoms with Gasteiger partial charge in [-0.15, -0.1) is 11.3 Å². The monoisotopic (exact) mass is 357 g/mol. The van der Waals surface area contributed by atoms with Gasteiger partial charge in [0, 0.05) is 11.4 Å². The van der Waals surface area contributed by atoms with Gasteiger partial charge in [0.1, 0.15) is 16.2 Å². The molecule has 3 rings (SSSR count). The fraction of sp³-hybridized carbons (Fsp3) is 0.462. The molecule has 1 aliphatic rings. The predicted octanol–water partition coefficient (Wildman–Crippen LogP) is 1.48. The van der Waals surface area contributed by atoms with Crippen LogP contribution in [0.25, 0.3) is 10.2 Å². The molecule has 0 saturated carbocycles. The van der Waals surface area contributed by atoms with E-state index in [1.165, 1.54) is 29.4 Å². The Hall–Kier alpha value is -1.19. The van der Waals surface area contributed by atoms with E-state index in [-0.39, 0.29) is 28.7 Å². The smallest absolute Gasteiger partial charge is 0.233 e. The summed E-state index contributed by atoms with van der Waals surface area (Å²) in [6.45, 7) is 1.80. The van der Waals surface area contributed by atoms with Crippen LogP contribution in [0.15, 0.2) is 22.8 Å². The van der Waals surface area contributed by atoms with Crippen molar-refractivity contribution in [3.63, 3.8) is 0 Å². The van der Waals surface area contributed by atoms with Gasteiger partial charge in [0.25, 0.3) is 0 Å². The number of amides is 1. The van der Waals surface area contributed by atoms with E-state index in [1.807, 2.05) is 11.4 Å². The largest absolute Gasteiger partial charge is 0.351 e. The Kier molecular flexibility index (Phi) is 4.37. The Morgan fingerprint density at radius 3 is 3.05 bits per heavy atom. The molecule has 1 saturated heterocycles. The van der Waals surface area contributed by atoms with Gasteiger partial charge in [0.05, 0.1) is 16.8 Å². The third-order valence-corrected chi connectivity index (χ3v) is 7.17. The van der Waals surface area contributed by atoms with Crippen molar-refractivity contribution in [2.45, 2.75) is 29.7 Å². The number of thioether (sulfide) groups is 1. The Bertz CT molecular complexity index is 803. The number of thiophene rings is 1. The highest BCUT2D eigenvalue weighted by Crippen LogP contribution is 2.30. The molecule has 1 aliphatic heterocycles. The highest BCUT2D eigenvalue weighted by molar-refractivity contribution is 8.00. The lowest BCUT2D eigenvalue weighted by Crippen LogP contribution is -2.39. The van der Waals surface area contributed by atoms with E-state index in [0.29, 0.717) is 6.42 Å². The predicted molar refractivity (Wildman–Crippen MR) is 87.9 cm³/mol. The first-order valence-electron chi connectivity index (χ1n) is 6.80. The van der Waals surface area contributed by atoms with Gasteiger partial charge >= 0.3 is 0 Å². The average molecular weight is 357 g/mol. The zero-order chi connectivity index (χ0) is 15.7. The van der Waals surface area contributed by atoms with Crippen molar-refractivity contribution in [2.24, 2.45) is 0 Å². The summed E-state index contributed by atoms with van der Waals surface area (Å²) < 4.78 is 22.9. The molecule has 1 fully saturated rings. The second kappa shape index (κ2) is 6.13. The lowest BCUT2D eigenvalue weighted by Gasteiger charge is -2.15. The van der Waals surface area contributed by atoms with Gasteiger partial charge < -0.3 is 5.32 Å². The average Bonchev–Trinajstić information content (AvgIpc) is 3.05. The molecule has 6 nitrogen and oxygen atoms in total. The Morgan fingerprint density at radius 1 is 1.50 bits per heavy atom. The zero-order valence-electron chi connectivity index (χ0n) is 11.9. The number of hydrogen-bond donors (Lipinski definition) is 1. The van der Waals surface area contributed by atoms with Crippen LogP contribution in [0.2, 0.25) is 0 Å². The molecule has 0 bridgehead atoms. The van der Waals surface area contributed by atoms with Crippen LogP contribution in [0.1, 0.15) is 13.3 Å². The molecule has 9 heteroatoms. The zero-order valence-corrected chi connectivity index (χ0v) is 14.3. The Balaban J connectivity index is 1.65. The molecular weight excluding hydrogens is 342 g/mol. The normalized spacial score (nSPS) is 21.8. The van der Waals surface area contributed by atoms with Crippen molar-refractivity contribution in [3.05, 3.63) is 17.8 Å². The summed E-state index contributed by atoms with van der Waals surface area (Å²) in [5.74, 6) is 0.0355. The van der Waals surface area contributed by atoms with Crippen LogP contribution >= 0.6 is 23.1 Å². The first-order chi connectivity index (χ1) is 10.4. The number of nitrogens with zero attached hydrogens (tertiary/aromatic N) is 2. The maximum Gasteiger partial charge on any atom is 0.233 e. The Morgan fingerprint density at radius 2 is 2.32 bits per heavy atom. The van der Waals surface area contributed by atoms with Gasteiger partial charge in [-0.25, -0.2) is 18.4 Å². The number of nitrogens with one attached hydrogen (secondary N) is 1. The SMILES string of the molecule is C[C@H](Sc1ncnc2sccc12)C(=O)N[C@H]1CCS(=O)(=O)C1. The molecule has 22 heavy (non-hydrogen) atoms. The number of rotatable bonds is 4. The van der Waals surface area contributed by atoms with E-state index in [9.17, 15) is 13.2 Å². The number of carbonyl (C=O) groups is 1. The van der Waals surface area contributed by atoms with Crippen molar-refractivity contribution in [3.8, 4) is 0 Å². The van der Waals surface area contributed by atoms with Crippen molar-refractivity contribution < 1.29 is 13.2 Å². The van der Waals surface area contributed by atoms with Gasteiger partial charge in [-0.2, -0.15) is 0 Å². The summed E-state index contributed by atoms with van der Waals surface area (Å²) in [7, 11) is -2.99. The minimum atomic E-state index is -2.99. The maximum atomic E-state index is 12.2. The molecule has 1 amide bonds. The number of fused-ring (bicyclic) bond motifs is 1. The second-order valence-corrected chi connectivity index (χ2v) is 9.64. The van der Waals surface area contributed by atoms with Gasteiger partial charge in [-0.05, 0) is 24.8 Å². The van der Waals surface area contributed by atoms with E-state index in [2.05, 4.69) is 15.3 Å². The quantitative estimate of drug-likeness (QED) is 0.658. The van der Waals surface area contributed by atoms with Crippen LogP contribution in [0.4, 0.5) is 0 Å². The van der Waals surface area contributed by atoms with Crippen LogP contribution in [0.3, 0.4) is 0 Å². The molecule has 2 aromatic heterocycles. The van der Waals surface area contributed by atoms with Gasteiger partial charge in [-0.3, -0.25) is 4.79 Å². The molecule has 2 atom stereocenters. The van der Waals surface area contributed by atoms with Crippen molar-refractivity contribution in [2.75, 3.05) is 11.5 Å². The summed E-state index contributed by atoms with van der Waals surface area (Å²) in [5.41, 5.74) is 0. The van der Waals surface area contributed by atoms with Crippen molar-refractivity contribution >= 4 is 49.1 Å². The Labute approximate surface area is 136 Å². The lowest BCUT2D eigenvalue weighted by atomic mass is 10.2. The van der Waals surface area contributed by atoms with E-state index in [4.69, 9.17) is 0 Å². The summed E-state index contributed by atoms with van der Waals surface area (Å²) in [5, 5.41) is 6.13. The van der Waals surface area contributed by atoms with E-state index >= 15 is 0 Å². The molecule has 0 radical (unpaired) electrons. The summed E-state index contributed by atoms with van der Waals surface area (Å²) in [6.07, 6.45) is 1.99. The van der Waals surface area contributed by atoms with Crippen LogP contribution < -0.4 is 5.32 Å². The fourth-order valence-electron chi connectivity index (χ4n) is 2.31. The van der Waals surface area contributed by atoms with Gasteiger partial charge in [-0.1, -0.05) is 11.8 Å². The minimum Gasteiger partial charge on any atom is -0.351 e.